The molecule has 0 radical (unpaired) electrons. The highest BCUT2D eigenvalue weighted by Gasteiger charge is 2.20. The molecule has 0 fully saturated rings. The van der Waals surface area contributed by atoms with E-state index in [1.54, 1.807) is 18.3 Å². The second kappa shape index (κ2) is 11.1. The van der Waals surface area contributed by atoms with Crippen molar-refractivity contribution in [3.05, 3.63) is 96.4 Å². The molecule has 0 aliphatic carbocycles. The van der Waals surface area contributed by atoms with Crippen LogP contribution in [0, 0.1) is 0 Å². The molecule has 4 aromatic rings. The number of rotatable bonds is 10. The molecule has 0 amide bonds. The molecule has 7 heteroatoms. The number of oxazole rings is 1. The number of hydrogen-bond acceptors (Lipinski definition) is 5. The molecular weight excluding hydrogens is 448 g/mol. The van der Waals surface area contributed by atoms with Crippen LogP contribution in [0.5, 0.6) is 0 Å². The highest BCUT2D eigenvalue weighted by Crippen LogP contribution is 2.33. The minimum Gasteiger partial charge on any atom is -0.445 e. The van der Waals surface area contributed by atoms with E-state index in [1.807, 2.05) is 79.7 Å². The first kappa shape index (κ1) is 23.6. The number of benzene rings is 3. The molecule has 0 aliphatic rings. The molecule has 34 heavy (non-hydrogen) atoms. The fraction of sp³-hybridized carbons (Fsp3) is 0.148. The van der Waals surface area contributed by atoms with Crippen molar-refractivity contribution in [3.63, 3.8) is 0 Å². The molecule has 0 aliphatic heterocycles. The van der Waals surface area contributed by atoms with Crippen LogP contribution in [0.25, 0.3) is 34.7 Å². The average molecular weight is 475 g/mol. The standard InChI is InChI=1S/C27H26N2O4S/c1-2-17-32-20-29-34(30,31)26-11-7-6-10-25(26)24-15-14-23(27-28-16-18-33-27)19-22(24)13-12-21-8-4-3-5-9-21/h3-16,18-19,29H,2,17,20H2,1H3. The van der Waals surface area contributed by atoms with E-state index in [0.29, 0.717) is 18.1 Å². The van der Waals surface area contributed by atoms with Gasteiger partial charge >= 0.3 is 0 Å². The second-order valence-electron chi connectivity index (χ2n) is 7.58. The molecule has 0 unspecified atom stereocenters. The van der Waals surface area contributed by atoms with Crippen molar-refractivity contribution in [2.75, 3.05) is 13.3 Å². The summed E-state index contributed by atoms with van der Waals surface area (Å²) in [5, 5.41) is 0. The van der Waals surface area contributed by atoms with Gasteiger partial charge in [0.1, 0.15) is 13.0 Å². The number of nitrogens with zero attached hydrogens (tertiary/aromatic N) is 1. The number of sulfonamides is 1. The SMILES string of the molecule is CCCOCNS(=O)(=O)c1ccccc1-c1ccc(-c2ncco2)cc1C=Cc1ccccc1. The zero-order valence-corrected chi connectivity index (χ0v) is 19.7. The third kappa shape index (κ3) is 5.69. The Hall–Kier alpha value is -3.52. The molecular formula is C27H26N2O4S. The van der Waals surface area contributed by atoms with Crippen LogP contribution in [0.1, 0.15) is 24.5 Å². The predicted octanol–water partition coefficient (Wildman–Crippen LogP) is 5.84. The summed E-state index contributed by atoms with van der Waals surface area (Å²) < 4.78 is 39.5. The second-order valence-corrected chi connectivity index (χ2v) is 9.32. The molecule has 1 N–H and O–H groups in total. The van der Waals surface area contributed by atoms with Gasteiger partial charge in [-0.3, -0.25) is 0 Å². The van der Waals surface area contributed by atoms with E-state index >= 15 is 0 Å². The van der Waals surface area contributed by atoms with Crippen molar-refractivity contribution >= 4 is 22.2 Å². The van der Waals surface area contributed by atoms with E-state index in [0.717, 1.165) is 28.7 Å². The van der Waals surface area contributed by atoms with Gasteiger partial charge in [0.05, 0.1) is 11.1 Å². The summed E-state index contributed by atoms with van der Waals surface area (Å²) in [6, 6.07) is 22.6. The van der Waals surface area contributed by atoms with E-state index in [1.165, 1.54) is 6.26 Å². The first-order valence-corrected chi connectivity index (χ1v) is 12.5. The van der Waals surface area contributed by atoms with E-state index in [2.05, 4.69) is 9.71 Å². The van der Waals surface area contributed by atoms with Gasteiger partial charge in [-0.1, -0.05) is 73.7 Å². The Balaban J connectivity index is 1.78. The van der Waals surface area contributed by atoms with Gasteiger partial charge in [0, 0.05) is 17.7 Å². The van der Waals surface area contributed by atoms with Gasteiger partial charge in [0.15, 0.2) is 0 Å². The fourth-order valence-electron chi connectivity index (χ4n) is 3.53. The van der Waals surface area contributed by atoms with Gasteiger partial charge in [-0.2, -0.15) is 4.72 Å². The lowest BCUT2D eigenvalue weighted by Crippen LogP contribution is -2.27. The van der Waals surface area contributed by atoms with E-state index in [9.17, 15) is 8.42 Å². The third-order valence-corrected chi connectivity index (χ3v) is 6.58. The normalized spacial score (nSPS) is 11.8. The third-order valence-electron chi connectivity index (χ3n) is 5.15. The van der Waals surface area contributed by atoms with Crippen molar-refractivity contribution in [2.45, 2.75) is 18.2 Å². The van der Waals surface area contributed by atoms with Crippen molar-refractivity contribution in [3.8, 4) is 22.6 Å². The molecule has 0 saturated carbocycles. The Kier molecular flexibility index (Phi) is 7.69. The maximum Gasteiger partial charge on any atom is 0.243 e. The molecule has 174 valence electrons. The van der Waals surface area contributed by atoms with Gasteiger partial charge in [0.25, 0.3) is 0 Å². The first-order valence-electron chi connectivity index (χ1n) is 11.0. The molecule has 0 bridgehead atoms. The van der Waals surface area contributed by atoms with Crippen LogP contribution >= 0.6 is 0 Å². The van der Waals surface area contributed by atoms with E-state index in [-0.39, 0.29) is 11.6 Å². The van der Waals surface area contributed by atoms with Crippen molar-refractivity contribution in [2.24, 2.45) is 0 Å². The molecule has 1 heterocycles. The van der Waals surface area contributed by atoms with Crippen LogP contribution in [-0.4, -0.2) is 26.7 Å². The molecule has 0 saturated heterocycles. The van der Waals surface area contributed by atoms with Crippen LogP contribution in [0.4, 0.5) is 0 Å². The molecule has 3 aromatic carbocycles. The van der Waals surface area contributed by atoms with Crippen molar-refractivity contribution < 1.29 is 17.6 Å². The van der Waals surface area contributed by atoms with Crippen LogP contribution in [0.3, 0.4) is 0 Å². The number of hydrogen-bond donors (Lipinski definition) is 1. The van der Waals surface area contributed by atoms with E-state index < -0.39 is 10.0 Å². The molecule has 1 aromatic heterocycles. The van der Waals surface area contributed by atoms with Gasteiger partial charge in [-0.25, -0.2) is 13.4 Å². The summed E-state index contributed by atoms with van der Waals surface area (Å²) in [5.74, 6) is 0.497. The predicted molar refractivity (Wildman–Crippen MR) is 134 cm³/mol. The average Bonchev–Trinajstić information content (AvgIpc) is 3.41. The van der Waals surface area contributed by atoms with Crippen LogP contribution in [0.2, 0.25) is 0 Å². The Bertz CT molecular complexity index is 1350. The molecule has 6 nitrogen and oxygen atoms in total. The maximum atomic E-state index is 13.1. The van der Waals surface area contributed by atoms with Gasteiger partial charge in [0.2, 0.25) is 15.9 Å². The lowest BCUT2D eigenvalue weighted by atomic mass is 9.96. The Morgan fingerprint density at radius 3 is 2.53 bits per heavy atom. The van der Waals surface area contributed by atoms with E-state index in [4.69, 9.17) is 9.15 Å². The van der Waals surface area contributed by atoms with Crippen LogP contribution in [-0.2, 0) is 14.8 Å². The summed E-state index contributed by atoms with van der Waals surface area (Å²) in [5.41, 5.74) is 4.04. The quantitative estimate of drug-likeness (QED) is 0.177. The largest absolute Gasteiger partial charge is 0.445 e. The fourth-order valence-corrected chi connectivity index (χ4v) is 4.65. The Labute approximate surface area is 200 Å². The smallest absolute Gasteiger partial charge is 0.243 e. The Morgan fingerprint density at radius 1 is 0.971 bits per heavy atom. The summed E-state index contributed by atoms with van der Waals surface area (Å²) in [6.45, 7) is 2.38. The monoisotopic (exact) mass is 474 g/mol. The summed E-state index contributed by atoms with van der Waals surface area (Å²) in [4.78, 5) is 4.43. The molecule has 4 rings (SSSR count). The zero-order valence-electron chi connectivity index (χ0n) is 18.8. The lowest BCUT2D eigenvalue weighted by Gasteiger charge is -2.14. The number of ether oxygens (including phenoxy) is 1. The number of aromatic nitrogens is 1. The summed E-state index contributed by atoms with van der Waals surface area (Å²) in [7, 11) is -3.79. The first-order chi connectivity index (χ1) is 16.6. The van der Waals surface area contributed by atoms with Gasteiger partial charge < -0.3 is 9.15 Å². The Morgan fingerprint density at radius 2 is 1.76 bits per heavy atom. The lowest BCUT2D eigenvalue weighted by molar-refractivity contribution is 0.131. The topological polar surface area (TPSA) is 81.4 Å². The van der Waals surface area contributed by atoms with Crippen LogP contribution in [0.15, 0.2) is 94.6 Å². The zero-order chi connectivity index (χ0) is 23.8. The molecule has 0 spiro atoms. The highest BCUT2D eigenvalue weighted by atomic mass is 32.2. The minimum absolute atomic E-state index is 0.0750. The summed E-state index contributed by atoms with van der Waals surface area (Å²) in [6.07, 6.45) is 7.89. The van der Waals surface area contributed by atoms with Crippen LogP contribution < -0.4 is 4.72 Å². The minimum atomic E-state index is -3.79. The number of nitrogens with one attached hydrogen (secondary N) is 1. The van der Waals surface area contributed by atoms with Gasteiger partial charge in [-0.05, 0) is 41.3 Å². The van der Waals surface area contributed by atoms with Crippen molar-refractivity contribution in [1.29, 1.82) is 0 Å². The van der Waals surface area contributed by atoms with Gasteiger partial charge in [-0.15, -0.1) is 0 Å². The summed E-state index contributed by atoms with van der Waals surface area (Å²) >= 11 is 0. The van der Waals surface area contributed by atoms with Crippen molar-refractivity contribution in [1.82, 2.24) is 9.71 Å². The highest BCUT2D eigenvalue weighted by molar-refractivity contribution is 7.89. The molecule has 0 atom stereocenters. The maximum absolute atomic E-state index is 13.1.